The van der Waals surface area contributed by atoms with Gasteiger partial charge in [0.15, 0.2) is 0 Å². The smallest absolute Gasteiger partial charge is 0.230 e. The minimum absolute atomic E-state index is 0.139. The molecule has 0 spiro atoms. The summed E-state index contributed by atoms with van der Waals surface area (Å²) in [5.74, 6) is 1.60. The van der Waals surface area contributed by atoms with Gasteiger partial charge in [0.2, 0.25) is 11.8 Å². The van der Waals surface area contributed by atoms with Gasteiger partial charge in [-0.3, -0.25) is 4.79 Å². The van der Waals surface area contributed by atoms with Crippen LogP contribution in [0.5, 0.6) is 5.75 Å². The molecule has 1 aromatic heterocycles. The average molecular weight is 365 g/mol. The number of aryl methyl sites for hydroxylation is 1. The lowest BCUT2D eigenvalue weighted by molar-refractivity contribution is -0.115. The lowest BCUT2D eigenvalue weighted by Gasteiger charge is -2.12. The van der Waals surface area contributed by atoms with E-state index >= 15 is 0 Å². The number of hydrogen-bond acceptors (Lipinski definition) is 5. The van der Waals surface area contributed by atoms with E-state index in [1.807, 2.05) is 67.5 Å². The van der Waals surface area contributed by atoms with Crippen LogP contribution in [0.2, 0.25) is 0 Å². The van der Waals surface area contributed by atoms with E-state index in [4.69, 9.17) is 9.15 Å². The standard InChI is InChI=1S/C21H23N3O3/c1-14-18(23-21(27-14)17-7-5-6-8-19(17)26-4)13-20(25)22-15-9-11-16(12-10-15)24(2)3/h5-12H,13H2,1-4H3,(H,22,25). The fourth-order valence-electron chi connectivity index (χ4n) is 2.73. The molecule has 0 bridgehead atoms. The molecule has 0 radical (unpaired) electrons. The number of aromatic nitrogens is 1. The number of nitrogens with one attached hydrogen (secondary N) is 1. The first-order chi connectivity index (χ1) is 13.0. The zero-order chi connectivity index (χ0) is 19.4. The van der Waals surface area contributed by atoms with Gasteiger partial charge >= 0.3 is 0 Å². The van der Waals surface area contributed by atoms with Crippen molar-refractivity contribution in [3.8, 4) is 17.2 Å². The van der Waals surface area contributed by atoms with Crippen LogP contribution in [0.25, 0.3) is 11.5 Å². The van der Waals surface area contributed by atoms with Gasteiger partial charge in [-0.15, -0.1) is 0 Å². The molecule has 3 rings (SSSR count). The van der Waals surface area contributed by atoms with Crippen molar-refractivity contribution < 1.29 is 13.9 Å². The number of ether oxygens (including phenoxy) is 1. The van der Waals surface area contributed by atoms with E-state index in [0.29, 0.717) is 23.1 Å². The van der Waals surface area contributed by atoms with E-state index in [-0.39, 0.29) is 12.3 Å². The number of para-hydroxylation sites is 1. The number of carbonyl (C=O) groups excluding carboxylic acids is 1. The van der Waals surface area contributed by atoms with Crippen molar-refractivity contribution in [1.29, 1.82) is 0 Å². The highest BCUT2D eigenvalue weighted by Gasteiger charge is 2.17. The van der Waals surface area contributed by atoms with E-state index in [0.717, 1.165) is 16.9 Å². The van der Waals surface area contributed by atoms with E-state index < -0.39 is 0 Å². The number of rotatable bonds is 6. The number of oxazole rings is 1. The summed E-state index contributed by atoms with van der Waals surface area (Å²) in [6, 6.07) is 15.2. The Morgan fingerprint density at radius 1 is 1.15 bits per heavy atom. The van der Waals surface area contributed by atoms with Gasteiger partial charge in [0.25, 0.3) is 0 Å². The third kappa shape index (κ3) is 4.28. The van der Waals surface area contributed by atoms with Crippen molar-refractivity contribution in [2.75, 3.05) is 31.4 Å². The second-order valence-corrected chi connectivity index (χ2v) is 6.39. The van der Waals surface area contributed by atoms with E-state index in [1.54, 1.807) is 14.0 Å². The van der Waals surface area contributed by atoms with Gasteiger partial charge in [-0.25, -0.2) is 4.98 Å². The summed E-state index contributed by atoms with van der Waals surface area (Å²) in [6.07, 6.45) is 0.139. The third-order valence-electron chi connectivity index (χ3n) is 4.23. The predicted molar refractivity (Wildman–Crippen MR) is 106 cm³/mol. The molecule has 0 aliphatic heterocycles. The van der Waals surface area contributed by atoms with Gasteiger partial charge in [-0.1, -0.05) is 12.1 Å². The Morgan fingerprint density at radius 3 is 2.52 bits per heavy atom. The first kappa shape index (κ1) is 18.5. The maximum atomic E-state index is 12.4. The molecule has 6 heteroatoms. The fourth-order valence-corrected chi connectivity index (χ4v) is 2.73. The molecule has 0 atom stereocenters. The van der Waals surface area contributed by atoms with E-state index in [1.165, 1.54) is 0 Å². The van der Waals surface area contributed by atoms with Crippen LogP contribution in [0.4, 0.5) is 11.4 Å². The van der Waals surface area contributed by atoms with Gasteiger partial charge < -0.3 is 19.4 Å². The van der Waals surface area contributed by atoms with Crippen molar-refractivity contribution in [2.45, 2.75) is 13.3 Å². The topological polar surface area (TPSA) is 67.6 Å². The van der Waals surface area contributed by atoms with Crippen molar-refractivity contribution in [2.24, 2.45) is 0 Å². The Kier molecular flexibility index (Phi) is 5.45. The molecule has 1 heterocycles. The number of benzene rings is 2. The lowest BCUT2D eigenvalue weighted by atomic mass is 10.2. The minimum Gasteiger partial charge on any atom is -0.496 e. The van der Waals surface area contributed by atoms with E-state index in [2.05, 4.69) is 10.3 Å². The summed E-state index contributed by atoms with van der Waals surface area (Å²) in [7, 11) is 5.55. The van der Waals surface area contributed by atoms with Gasteiger partial charge in [0.1, 0.15) is 11.5 Å². The van der Waals surface area contributed by atoms with Crippen LogP contribution in [-0.2, 0) is 11.2 Å². The highest BCUT2D eigenvalue weighted by Crippen LogP contribution is 2.30. The van der Waals surface area contributed by atoms with E-state index in [9.17, 15) is 4.79 Å². The number of methoxy groups -OCH3 is 1. The Bertz CT molecular complexity index is 930. The quantitative estimate of drug-likeness (QED) is 0.717. The molecule has 3 aromatic rings. The van der Waals surface area contributed by atoms with Crippen molar-refractivity contribution in [3.05, 3.63) is 60.0 Å². The summed E-state index contributed by atoms with van der Waals surface area (Å²) in [5.41, 5.74) is 3.19. The molecule has 0 fully saturated rings. The zero-order valence-corrected chi connectivity index (χ0v) is 15.9. The third-order valence-corrected chi connectivity index (χ3v) is 4.23. The predicted octanol–water partition coefficient (Wildman–Crippen LogP) is 3.91. The van der Waals surface area contributed by atoms with Gasteiger partial charge in [-0.05, 0) is 43.3 Å². The molecule has 140 valence electrons. The number of anilines is 2. The Labute approximate surface area is 158 Å². The molecule has 2 aromatic carbocycles. The van der Waals surface area contributed by atoms with Crippen LogP contribution in [0.1, 0.15) is 11.5 Å². The van der Waals surface area contributed by atoms with Crippen LogP contribution < -0.4 is 15.0 Å². The SMILES string of the molecule is COc1ccccc1-c1nc(CC(=O)Nc2ccc(N(C)C)cc2)c(C)o1. The number of amides is 1. The van der Waals surface area contributed by atoms with Crippen LogP contribution >= 0.6 is 0 Å². The zero-order valence-electron chi connectivity index (χ0n) is 15.9. The second kappa shape index (κ2) is 7.95. The maximum absolute atomic E-state index is 12.4. The highest BCUT2D eigenvalue weighted by atomic mass is 16.5. The number of hydrogen-bond donors (Lipinski definition) is 1. The second-order valence-electron chi connectivity index (χ2n) is 6.39. The Balaban J connectivity index is 1.72. The molecule has 0 aliphatic carbocycles. The van der Waals surface area contributed by atoms with Crippen LogP contribution in [0.3, 0.4) is 0 Å². The summed E-state index contributed by atoms with van der Waals surface area (Å²) in [5, 5.41) is 2.89. The number of carbonyl (C=O) groups is 1. The molecule has 6 nitrogen and oxygen atoms in total. The molecule has 0 aliphatic rings. The summed E-state index contributed by atoms with van der Waals surface area (Å²) in [4.78, 5) is 18.9. The van der Waals surface area contributed by atoms with Gasteiger partial charge in [0, 0.05) is 25.5 Å². The molecule has 0 saturated heterocycles. The summed E-state index contributed by atoms with van der Waals surface area (Å²) < 4.78 is 11.1. The van der Waals surface area contributed by atoms with Crippen LogP contribution in [0, 0.1) is 6.92 Å². The fraction of sp³-hybridized carbons (Fsp3) is 0.238. The first-order valence-corrected chi connectivity index (χ1v) is 8.65. The average Bonchev–Trinajstić information content (AvgIpc) is 3.02. The molecular weight excluding hydrogens is 342 g/mol. The van der Waals surface area contributed by atoms with Gasteiger partial charge in [-0.2, -0.15) is 0 Å². The lowest BCUT2D eigenvalue weighted by Crippen LogP contribution is -2.15. The molecule has 27 heavy (non-hydrogen) atoms. The Hall–Kier alpha value is -3.28. The molecule has 0 unspecified atom stereocenters. The van der Waals surface area contributed by atoms with Crippen molar-refractivity contribution in [1.82, 2.24) is 4.98 Å². The molecule has 0 saturated carbocycles. The van der Waals surface area contributed by atoms with Crippen LogP contribution in [0.15, 0.2) is 52.9 Å². The largest absolute Gasteiger partial charge is 0.496 e. The van der Waals surface area contributed by atoms with Crippen LogP contribution in [-0.4, -0.2) is 32.1 Å². The van der Waals surface area contributed by atoms with Crippen molar-refractivity contribution >= 4 is 17.3 Å². The van der Waals surface area contributed by atoms with Gasteiger partial charge in [0.05, 0.1) is 24.8 Å². The monoisotopic (exact) mass is 365 g/mol. The van der Waals surface area contributed by atoms with Crippen molar-refractivity contribution in [3.63, 3.8) is 0 Å². The highest BCUT2D eigenvalue weighted by molar-refractivity contribution is 5.92. The molecular formula is C21H23N3O3. The molecule has 1 N–H and O–H groups in total. The maximum Gasteiger partial charge on any atom is 0.230 e. The first-order valence-electron chi connectivity index (χ1n) is 8.65. The molecule has 1 amide bonds. The normalized spacial score (nSPS) is 10.5. The summed E-state index contributed by atoms with van der Waals surface area (Å²) in [6.45, 7) is 1.81. The summed E-state index contributed by atoms with van der Waals surface area (Å²) >= 11 is 0. The Morgan fingerprint density at radius 2 is 1.85 bits per heavy atom. The minimum atomic E-state index is -0.143. The number of nitrogens with zero attached hydrogens (tertiary/aromatic N) is 2.